The molecule has 0 bridgehead atoms. The highest BCUT2D eigenvalue weighted by Gasteiger charge is 2.56. The van der Waals surface area contributed by atoms with Gasteiger partial charge in [-0.05, 0) is 56.2 Å². The van der Waals surface area contributed by atoms with Crippen LogP contribution >= 0.6 is 15.9 Å². The van der Waals surface area contributed by atoms with E-state index in [0.29, 0.717) is 4.47 Å². The van der Waals surface area contributed by atoms with E-state index in [2.05, 4.69) is 36.4 Å². The van der Waals surface area contributed by atoms with E-state index in [4.69, 9.17) is 0 Å². The summed E-state index contributed by atoms with van der Waals surface area (Å²) in [5.74, 6) is -4.61. The van der Waals surface area contributed by atoms with Crippen LogP contribution in [0.2, 0.25) is 0 Å². The van der Waals surface area contributed by atoms with Crippen LogP contribution in [-0.2, 0) is 18.1 Å². The number of pyridine rings is 1. The zero-order valence-corrected chi connectivity index (χ0v) is 14.1. The molecule has 2 aromatic heterocycles. The van der Waals surface area contributed by atoms with Crippen LogP contribution in [0.25, 0.3) is 0 Å². The minimum absolute atomic E-state index is 0.322. The molecule has 130 valence electrons. The van der Waals surface area contributed by atoms with Gasteiger partial charge in [-0.1, -0.05) is 12.1 Å². The lowest BCUT2D eigenvalue weighted by molar-refractivity contribution is -0.206. The molecule has 1 N–H and O–H groups in total. The van der Waals surface area contributed by atoms with Gasteiger partial charge in [0.1, 0.15) is 17.8 Å². The largest absolute Gasteiger partial charge is 0.377 e. The number of nitrogens with zero attached hydrogens (tertiary/aromatic N) is 5. The van der Waals surface area contributed by atoms with E-state index >= 15 is 8.78 Å². The Hall–Kier alpha value is -2.33. The van der Waals surface area contributed by atoms with Gasteiger partial charge >= 0.3 is 5.92 Å². The fourth-order valence-corrected chi connectivity index (χ4v) is 2.61. The van der Waals surface area contributed by atoms with Crippen molar-refractivity contribution in [3.63, 3.8) is 0 Å². The monoisotopic (exact) mass is 413 g/mol. The number of tetrazole rings is 1. The lowest BCUT2D eigenvalue weighted by atomic mass is 9.85. The Morgan fingerprint density at radius 1 is 1.20 bits per heavy atom. The highest BCUT2D eigenvalue weighted by atomic mass is 79.9. The molecule has 0 radical (unpaired) electrons. The number of aliphatic hydroxyl groups is 1. The van der Waals surface area contributed by atoms with Gasteiger partial charge in [0.15, 0.2) is 5.60 Å². The molecule has 2 heterocycles. The summed E-state index contributed by atoms with van der Waals surface area (Å²) in [5, 5.41) is 21.2. The fourth-order valence-electron chi connectivity index (χ4n) is 2.38. The first-order valence-corrected chi connectivity index (χ1v) is 7.81. The Bertz CT molecular complexity index is 860. The number of aromatic nitrogens is 5. The normalized spacial score (nSPS) is 14.3. The second-order valence-corrected chi connectivity index (χ2v) is 6.23. The molecule has 0 saturated heterocycles. The SMILES string of the molecule is OC(Cn1cnnn1)(c1cccc(F)c1)C(F)(F)c1ccc(Br)cn1. The third-order valence-electron chi connectivity index (χ3n) is 3.65. The molecule has 0 saturated carbocycles. The average molecular weight is 414 g/mol. The van der Waals surface area contributed by atoms with Crippen LogP contribution in [0.1, 0.15) is 11.3 Å². The zero-order valence-electron chi connectivity index (χ0n) is 12.5. The van der Waals surface area contributed by atoms with Gasteiger partial charge in [-0.3, -0.25) is 4.98 Å². The number of hydrogen-bond donors (Lipinski definition) is 1. The second-order valence-electron chi connectivity index (χ2n) is 5.31. The maximum absolute atomic E-state index is 15.2. The molecule has 1 atom stereocenters. The van der Waals surface area contributed by atoms with Crippen molar-refractivity contribution < 1.29 is 18.3 Å². The Balaban J connectivity index is 2.14. The number of benzene rings is 1. The molecule has 0 aliphatic rings. The molecule has 0 aliphatic heterocycles. The van der Waals surface area contributed by atoms with Crippen LogP contribution in [0.15, 0.2) is 53.4 Å². The number of hydrogen-bond acceptors (Lipinski definition) is 5. The molecule has 0 fully saturated rings. The number of alkyl halides is 2. The summed E-state index contributed by atoms with van der Waals surface area (Å²) in [5.41, 5.74) is -3.82. The van der Waals surface area contributed by atoms with Crippen LogP contribution in [-0.4, -0.2) is 30.3 Å². The first kappa shape index (κ1) is 17.5. The van der Waals surface area contributed by atoms with Crippen LogP contribution in [0, 0.1) is 5.82 Å². The van der Waals surface area contributed by atoms with E-state index in [1.807, 2.05) is 0 Å². The minimum Gasteiger partial charge on any atom is -0.377 e. The van der Waals surface area contributed by atoms with E-state index < -0.39 is 29.6 Å². The summed E-state index contributed by atoms with van der Waals surface area (Å²) in [6.45, 7) is -0.700. The first-order valence-electron chi connectivity index (χ1n) is 7.02. The van der Waals surface area contributed by atoms with Gasteiger partial charge in [-0.15, -0.1) is 5.10 Å². The first-order chi connectivity index (χ1) is 11.8. The van der Waals surface area contributed by atoms with Gasteiger partial charge in [0.25, 0.3) is 0 Å². The van der Waals surface area contributed by atoms with E-state index in [0.717, 1.165) is 29.2 Å². The predicted molar refractivity (Wildman–Crippen MR) is 83.9 cm³/mol. The molecule has 1 unspecified atom stereocenters. The molecule has 3 aromatic rings. The zero-order chi connectivity index (χ0) is 18.1. The number of rotatable bonds is 5. The van der Waals surface area contributed by atoms with Gasteiger partial charge in [0.2, 0.25) is 0 Å². The van der Waals surface area contributed by atoms with Gasteiger partial charge in [-0.2, -0.15) is 8.78 Å². The van der Waals surface area contributed by atoms with Crippen LogP contribution in [0.5, 0.6) is 0 Å². The molecule has 25 heavy (non-hydrogen) atoms. The predicted octanol–water partition coefficient (Wildman–Crippen LogP) is 2.65. The van der Waals surface area contributed by atoms with Crippen molar-refractivity contribution in [1.29, 1.82) is 0 Å². The summed E-state index contributed by atoms with van der Waals surface area (Å²) >= 11 is 3.12. The Kier molecular flexibility index (Phi) is 4.56. The van der Waals surface area contributed by atoms with Crippen molar-refractivity contribution in [2.24, 2.45) is 0 Å². The summed E-state index contributed by atoms with van der Waals surface area (Å²) in [6, 6.07) is 6.84. The van der Waals surface area contributed by atoms with Crippen molar-refractivity contribution in [2.45, 2.75) is 18.1 Å². The molecule has 0 spiro atoms. The second kappa shape index (κ2) is 6.52. The van der Waals surface area contributed by atoms with Gasteiger partial charge < -0.3 is 5.11 Å². The van der Waals surface area contributed by atoms with Crippen molar-refractivity contribution in [2.75, 3.05) is 0 Å². The van der Waals surface area contributed by atoms with Crippen molar-refractivity contribution >= 4 is 15.9 Å². The lowest BCUT2D eigenvalue weighted by Crippen LogP contribution is -2.47. The topological polar surface area (TPSA) is 76.7 Å². The summed E-state index contributed by atoms with van der Waals surface area (Å²) in [4.78, 5) is 3.68. The highest BCUT2D eigenvalue weighted by molar-refractivity contribution is 9.10. The van der Waals surface area contributed by atoms with Gasteiger partial charge in [0.05, 0.1) is 6.54 Å². The van der Waals surface area contributed by atoms with Crippen LogP contribution in [0.3, 0.4) is 0 Å². The maximum Gasteiger partial charge on any atom is 0.323 e. The smallest absolute Gasteiger partial charge is 0.323 e. The molecule has 0 amide bonds. The minimum atomic E-state index is -3.85. The average Bonchev–Trinajstić information content (AvgIpc) is 3.08. The van der Waals surface area contributed by atoms with Crippen LogP contribution in [0.4, 0.5) is 13.2 Å². The molecule has 10 heteroatoms. The van der Waals surface area contributed by atoms with Crippen molar-refractivity contribution in [1.82, 2.24) is 25.2 Å². The molecular formula is C15H11BrF3N5O. The molecule has 1 aromatic carbocycles. The molecular weight excluding hydrogens is 403 g/mol. The summed E-state index contributed by atoms with van der Waals surface area (Å²) < 4.78 is 45.5. The fraction of sp³-hybridized carbons (Fsp3) is 0.200. The van der Waals surface area contributed by atoms with Crippen molar-refractivity contribution in [3.05, 3.63) is 70.5 Å². The summed E-state index contributed by atoms with van der Waals surface area (Å²) in [6.07, 6.45) is 2.27. The lowest BCUT2D eigenvalue weighted by Gasteiger charge is -2.35. The van der Waals surface area contributed by atoms with E-state index in [-0.39, 0.29) is 5.56 Å². The van der Waals surface area contributed by atoms with Crippen LogP contribution < -0.4 is 0 Å². The Morgan fingerprint density at radius 2 is 2.00 bits per heavy atom. The van der Waals surface area contributed by atoms with E-state index in [1.54, 1.807) is 0 Å². The molecule has 3 rings (SSSR count). The van der Waals surface area contributed by atoms with E-state index in [9.17, 15) is 9.50 Å². The van der Waals surface area contributed by atoms with Crippen molar-refractivity contribution in [3.8, 4) is 0 Å². The third-order valence-corrected chi connectivity index (χ3v) is 4.12. The Morgan fingerprint density at radius 3 is 2.60 bits per heavy atom. The molecule has 6 nitrogen and oxygen atoms in total. The maximum atomic E-state index is 15.2. The van der Waals surface area contributed by atoms with Gasteiger partial charge in [-0.25, -0.2) is 9.07 Å². The third kappa shape index (κ3) is 3.27. The van der Waals surface area contributed by atoms with Gasteiger partial charge in [0, 0.05) is 10.7 Å². The quantitative estimate of drug-likeness (QED) is 0.695. The number of halogens is 4. The van der Waals surface area contributed by atoms with E-state index in [1.165, 1.54) is 24.4 Å². The highest BCUT2D eigenvalue weighted by Crippen LogP contribution is 2.46. The molecule has 0 aliphatic carbocycles. The summed E-state index contributed by atoms with van der Waals surface area (Å²) in [7, 11) is 0. The Labute approximate surface area is 148 Å². The standard InChI is InChI=1S/C15H11BrF3N5O/c16-11-4-5-13(20-7-11)15(18,19)14(25,8-24-9-21-22-23-24)10-2-1-3-12(17)6-10/h1-7,9,25H,8H2.